The highest BCUT2D eigenvalue weighted by molar-refractivity contribution is 6.31. The number of likely N-dealkylation sites (tertiary alicyclic amines) is 1. The van der Waals surface area contributed by atoms with E-state index in [1.54, 1.807) is 18.2 Å². The zero-order valence-electron chi connectivity index (χ0n) is 18.4. The maximum Gasteiger partial charge on any atom is 0.270 e. The van der Waals surface area contributed by atoms with Gasteiger partial charge in [0, 0.05) is 41.6 Å². The maximum atomic E-state index is 13.0. The van der Waals surface area contributed by atoms with Gasteiger partial charge in [-0.1, -0.05) is 29.8 Å². The van der Waals surface area contributed by atoms with Crippen molar-refractivity contribution in [2.75, 3.05) is 23.7 Å². The van der Waals surface area contributed by atoms with Crippen molar-refractivity contribution < 1.29 is 19.3 Å². The third-order valence-corrected chi connectivity index (χ3v) is 6.55. The minimum atomic E-state index is -0.583. The number of carbonyl (C=O) groups excluding carboxylic acids is 3. The number of imide groups is 1. The molecule has 2 aliphatic rings. The first kappa shape index (κ1) is 23.4. The number of nitrogens with zero attached hydrogens (tertiary/aromatic N) is 2. The van der Waals surface area contributed by atoms with Gasteiger partial charge in [0.1, 0.15) is 0 Å². The van der Waals surface area contributed by atoms with Crippen molar-refractivity contribution in [1.82, 2.24) is 4.90 Å². The molecule has 0 bridgehead atoms. The normalized spacial score (nSPS) is 19.2. The van der Waals surface area contributed by atoms with E-state index in [0.717, 1.165) is 5.56 Å². The van der Waals surface area contributed by atoms with Crippen molar-refractivity contribution in [3.8, 4) is 0 Å². The predicted octanol–water partition coefficient (Wildman–Crippen LogP) is 4.17. The second-order valence-electron chi connectivity index (χ2n) is 8.32. The molecule has 2 aromatic carbocycles. The second-order valence-corrected chi connectivity index (χ2v) is 8.72. The average Bonchev–Trinajstić information content (AvgIpc) is 3.06. The number of hydrogen-bond donors (Lipinski definition) is 2. The zero-order valence-corrected chi connectivity index (χ0v) is 19.2. The Morgan fingerprint density at radius 2 is 1.79 bits per heavy atom. The summed E-state index contributed by atoms with van der Waals surface area (Å²) in [5.41, 5.74) is 1.46. The number of non-ortho nitro benzene ring substituents is 1. The standard InChI is InChI=1S/C24H23ClN4O5/c1-14-6-7-15(12-20(14)25)27-22(30)19-13-16(29(33)34)8-9-21(19)26-10-11-28-23(31)17-4-2-3-5-18(17)24(28)32/h2-3,6-9,12-13,17-18,26H,4-5,10-11H2,1H3,(H,27,30)/t17-,18-/m0/s1. The first-order chi connectivity index (χ1) is 16.3. The molecule has 0 unspecified atom stereocenters. The third-order valence-electron chi connectivity index (χ3n) is 6.14. The molecule has 3 amide bonds. The monoisotopic (exact) mass is 482 g/mol. The Hall–Kier alpha value is -3.72. The Balaban J connectivity index is 1.48. The van der Waals surface area contributed by atoms with Gasteiger partial charge in [-0.25, -0.2) is 0 Å². The summed E-state index contributed by atoms with van der Waals surface area (Å²) in [4.78, 5) is 50.2. The van der Waals surface area contributed by atoms with Crippen molar-refractivity contribution in [2.45, 2.75) is 19.8 Å². The number of rotatable bonds is 7. The molecule has 9 nitrogen and oxygen atoms in total. The Bertz CT molecular complexity index is 1190. The number of hydrogen-bond acceptors (Lipinski definition) is 6. The first-order valence-corrected chi connectivity index (χ1v) is 11.2. The molecule has 0 aromatic heterocycles. The number of nitro benzene ring substituents is 1. The van der Waals surface area contributed by atoms with Gasteiger partial charge >= 0.3 is 0 Å². The van der Waals surface area contributed by atoms with Crippen molar-refractivity contribution >= 4 is 46.4 Å². The molecule has 2 aromatic rings. The van der Waals surface area contributed by atoms with Gasteiger partial charge in [0.25, 0.3) is 11.6 Å². The van der Waals surface area contributed by atoms with Gasteiger partial charge in [0.15, 0.2) is 0 Å². The lowest BCUT2D eigenvalue weighted by Gasteiger charge is -2.17. The number of aryl methyl sites for hydroxylation is 1. The molecule has 1 aliphatic carbocycles. The van der Waals surface area contributed by atoms with Gasteiger partial charge in [-0.3, -0.25) is 29.4 Å². The second kappa shape index (κ2) is 9.64. The van der Waals surface area contributed by atoms with E-state index in [0.29, 0.717) is 29.2 Å². The Morgan fingerprint density at radius 1 is 1.12 bits per heavy atom. The highest BCUT2D eigenvalue weighted by Crippen LogP contribution is 2.35. The van der Waals surface area contributed by atoms with Crippen molar-refractivity contribution in [3.05, 3.63) is 74.8 Å². The lowest BCUT2D eigenvalue weighted by atomic mass is 9.85. The summed E-state index contributed by atoms with van der Waals surface area (Å²) in [6, 6.07) is 8.93. The fraction of sp³-hybridized carbons (Fsp3) is 0.292. The molecule has 34 heavy (non-hydrogen) atoms. The van der Waals surface area contributed by atoms with E-state index in [2.05, 4.69) is 10.6 Å². The van der Waals surface area contributed by atoms with Crippen molar-refractivity contribution in [3.63, 3.8) is 0 Å². The van der Waals surface area contributed by atoms with Crippen LogP contribution in [0, 0.1) is 28.9 Å². The smallest absolute Gasteiger partial charge is 0.270 e. The molecule has 10 heteroatoms. The van der Waals surface area contributed by atoms with Crippen LogP contribution in [-0.2, 0) is 9.59 Å². The molecule has 0 radical (unpaired) electrons. The summed E-state index contributed by atoms with van der Waals surface area (Å²) < 4.78 is 0. The number of nitro groups is 1. The van der Waals surface area contributed by atoms with Crippen molar-refractivity contribution in [2.24, 2.45) is 11.8 Å². The molecule has 0 saturated carbocycles. The number of fused-ring (bicyclic) bond motifs is 1. The molecule has 176 valence electrons. The van der Waals surface area contributed by atoms with E-state index in [1.807, 2.05) is 19.1 Å². The Labute approximate surface area is 200 Å². The first-order valence-electron chi connectivity index (χ1n) is 10.9. The fourth-order valence-corrected chi connectivity index (χ4v) is 4.43. The van der Waals surface area contributed by atoms with E-state index >= 15 is 0 Å². The maximum absolute atomic E-state index is 13.0. The van der Waals surface area contributed by atoms with E-state index in [9.17, 15) is 24.5 Å². The minimum absolute atomic E-state index is 0.0582. The lowest BCUT2D eigenvalue weighted by molar-refractivity contribution is -0.384. The highest BCUT2D eigenvalue weighted by atomic mass is 35.5. The number of carbonyl (C=O) groups is 3. The van der Waals surface area contributed by atoms with Crippen LogP contribution in [0.1, 0.15) is 28.8 Å². The van der Waals surface area contributed by atoms with Gasteiger partial charge < -0.3 is 10.6 Å². The zero-order chi connectivity index (χ0) is 24.4. The van der Waals surface area contributed by atoms with Crippen LogP contribution in [0.15, 0.2) is 48.6 Å². The minimum Gasteiger partial charge on any atom is -0.383 e. The van der Waals surface area contributed by atoms with E-state index in [1.165, 1.54) is 23.1 Å². The van der Waals surface area contributed by atoms with Crippen LogP contribution >= 0.6 is 11.6 Å². The van der Waals surface area contributed by atoms with E-state index in [4.69, 9.17) is 11.6 Å². The van der Waals surface area contributed by atoms with Crippen LogP contribution < -0.4 is 10.6 Å². The molecule has 1 fully saturated rings. The van der Waals surface area contributed by atoms with Crippen LogP contribution in [0.4, 0.5) is 17.1 Å². The molecule has 2 N–H and O–H groups in total. The van der Waals surface area contributed by atoms with Crippen LogP contribution in [0.2, 0.25) is 5.02 Å². The van der Waals surface area contributed by atoms with E-state index < -0.39 is 10.8 Å². The number of amides is 3. The summed E-state index contributed by atoms with van der Waals surface area (Å²) in [6.07, 6.45) is 4.98. The van der Waals surface area contributed by atoms with Crippen molar-refractivity contribution in [1.29, 1.82) is 0 Å². The van der Waals surface area contributed by atoms with E-state index in [-0.39, 0.29) is 48.0 Å². The lowest BCUT2D eigenvalue weighted by Crippen LogP contribution is -2.35. The predicted molar refractivity (Wildman–Crippen MR) is 128 cm³/mol. The third kappa shape index (κ3) is 4.65. The summed E-state index contributed by atoms with van der Waals surface area (Å²) in [7, 11) is 0. The molecule has 1 heterocycles. The molecule has 2 atom stereocenters. The van der Waals surface area contributed by atoms with Crippen LogP contribution in [-0.4, -0.2) is 40.6 Å². The summed E-state index contributed by atoms with van der Waals surface area (Å²) in [6.45, 7) is 2.16. The van der Waals surface area contributed by atoms with Gasteiger partial charge in [0.2, 0.25) is 11.8 Å². The molecule has 1 saturated heterocycles. The molecular formula is C24H23ClN4O5. The van der Waals surface area contributed by atoms with Crippen LogP contribution in [0.25, 0.3) is 0 Å². The summed E-state index contributed by atoms with van der Waals surface area (Å²) in [5.74, 6) is -1.53. The fourth-order valence-electron chi connectivity index (χ4n) is 4.25. The van der Waals surface area contributed by atoms with Gasteiger partial charge in [0.05, 0.1) is 22.3 Å². The van der Waals surface area contributed by atoms with Crippen LogP contribution in [0.5, 0.6) is 0 Å². The van der Waals surface area contributed by atoms with Gasteiger partial charge in [-0.05, 0) is 43.5 Å². The SMILES string of the molecule is Cc1ccc(NC(=O)c2cc([N+](=O)[O-])ccc2NCCN2C(=O)[C@H]3CC=CC[C@@H]3C2=O)cc1Cl. The molecular weight excluding hydrogens is 460 g/mol. The molecule has 4 rings (SSSR count). The number of allylic oxidation sites excluding steroid dienone is 2. The van der Waals surface area contributed by atoms with Crippen LogP contribution in [0.3, 0.4) is 0 Å². The molecule has 1 aliphatic heterocycles. The Morgan fingerprint density at radius 3 is 2.41 bits per heavy atom. The largest absolute Gasteiger partial charge is 0.383 e. The number of halogens is 1. The number of benzene rings is 2. The molecule has 0 spiro atoms. The number of nitrogens with one attached hydrogen (secondary N) is 2. The summed E-state index contributed by atoms with van der Waals surface area (Å²) >= 11 is 6.12. The Kier molecular flexibility index (Phi) is 6.65. The number of anilines is 2. The van der Waals surface area contributed by atoms with Gasteiger partial charge in [-0.2, -0.15) is 0 Å². The highest BCUT2D eigenvalue weighted by Gasteiger charge is 2.46. The van der Waals surface area contributed by atoms with Gasteiger partial charge in [-0.15, -0.1) is 0 Å². The topological polar surface area (TPSA) is 122 Å². The average molecular weight is 483 g/mol. The summed E-state index contributed by atoms with van der Waals surface area (Å²) in [5, 5.41) is 17.5. The quantitative estimate of drug-likeness (QED) is 0.264.